The Morgan fingerprint density at radius 1 is 0.667 bits per heavy atom. The third-order valence-corrected chi connectivity index (χ3v) is 8.59. The van der Waals surface area contributed by atoms with Crippen LogP contribution < -0.4 is 4.90 Å². The highest BCUT2D eigenvalue weighted by Crippen LogP contribution is 2.29. The number of para-hydroxylation sites is 1. The summed E-state index contributed by atoms with van der Waals surface area (Å²) in [5, 5.41) is 0. The number of amides is 1. The molecule has 2 aliphatic heterocycles. The molecule has 206 valence electrons. The predicted molar refractivity (Wildman–Crippen MR) is 162 cm³/mol. The second-order valence-electron chi connectivity index (χ2n) is 11.4. The second-order valence-corrected chi connectivity index (χ2v) is 11.4. The summed E-state index contributed by atoms with van der Waals surface area (Å²) < 4.78 is 0. The lowest BCUT2D eigenvalue weighted by atomic mass is 9.89. The van der Waals surface area contributed by atoms with Crippen LogP contribution in [0.2, 0.25) is 0 Å². The maximum atomic E-state index is 13.8. The van der Waals surface area contributed by atoms with Gasteiger partial charge in [0, 0.05) is 31.9 Å². The Balaban J connectivity index is 1.28. The van der Waals surface area contributed by atoms with Crippen LogP contribution in [-0.2, 0) is 17.9 Å². The highest BCUT2D eigenvalue weighted by molar-refractivity contribution is 5.78. The van der Waals surface area contributed by atoms with E-state index in [0.29, 0.717) is 19.0 Å². The minimum absolute atomic E-state index is 0.285. The van der Waals surface area contributed by atoms with Crippen LogP contribution in [0.15, 0.2) is 84.9 Å². The van der Waals surface area contributed by atoms with Gasteiger partial charge in [0.05, 0.1) is 6.54 Å². The fourth-order valence-electron chi connectivity index (χ4n) is 6.29. The van der Waals surface area contributed by atoms with Crippen molar-refractivity contribution in [2.75, 3.05) is 37.6 Å². The van der Waals surface area contributed by atoms with Crippen LogP contribution in [-0.4, -0.2) is 48.4 Å². The van der Waals surface area contributed by atoms with Crippen molar-refractivity contribution in [2.45, 2.75) is 70.4 Å². The number of carbonyl (C=O) groups excluding carboxylic acids is 1. The molecule has 0 aliphatic carbocycles. The first-order valence-corrected chi connectivity index (χ1v) is 15.2. The number of rotatable bonds is 5. The zero-order valence-corrected chi connectivity index (χ0v) is 23.5. The number of piperidine rings is 1. The van der Waals surface area contributed by atoms with Gasteiger partial charge in [-0.2, -0.15) is 0 Å². The van der Waals surface area contributed by atoms with E-state index in [2.05, 4.69) is 99.6 Å². The number of benzene rings is 3. The molecule has 0 radical (unpaired) electrons. The zero-order valence-electron chi connectivity index (χ0n) is 23.5. The number of carbonyl (C=O) groups is 1. The first kappa shape index (κ1) is 27.5. The van der Waals surface area contributed by atoms with Crippen LogP contribution in [0.5, 0.6) is 0 Å². The van der Waals surface area contributed by atoms with Crippen molar-refractivity contribution in [3.63, 3.8) is 0 Å². The summed E-state index contributed by atoms with van der Waals surface area (Å²) in [5.41, 5.74) is 5.33. The Morgan fingerprint density at radius 3 is 2.03 bits per heavy atom. The summed E-state index contributed by atoms with van der Waals surface area (Å²) in [6.07, 6.45) is 9.60. The van der Waals surface area contributed by atoms with Gasteiger partial charge in [0.2, 0.25) is 5.91 Å². The average molecular weight is 524 g/mol. The smallest absolute Gasteiger partial charge is 0.237 e. The van der Waals surface area contributed by atoms with Gasteiger partial charge < -0.3 is 9.80 Å². The van der Waals surface area contributed by atoms with Gasteiger partial charge in [0.25, 0.3) is 0 Å². The molecule has 4 heteroatoms. The van der Waals surface area contributed by atoms with Gasteiger partial charge in [-0.3, -0.25) is 9.69 Å². The van der Waals surface area contributed by atoms with Gasteiger partial charge >= 0.3 is 0 Å². The van der Waals surface area contributed by atoms with Gasteiger partial charge in [-0.15, -0.1) is 0 Å². The Morgan fingerprint density at radius 2 is 1.28 bits per heavy atom. The van der Waals surface area contributed by atoms with Crippen LogP contribution >= 0.6 is 0 Å². The number of fused-ring (bicyclic) bond motifs is 1. The molecule has 0 spiro atoms. The van der Waals surface area contributed by atoms with Crippen molar-refractivity contribution in [1.29, 1.82) is 0 Å². The number of anilines is 1. The number of nitrogens with zero attached hydrogens (tertiary/aromatic N) is 3. The molecule has 1 amide bonds. The molecule has 39 heavy (non-hydrogen) atoms. The summed E-state index contributed by atoms with van der Waals surface area (Å²) in [4.78, 5) is 20.8. The molecule has 2 heterocycles. The molecule has 0 aromatic heterocycles. The summed E-state index contributed by atoms with van der Waals surface area (Å²) in [6, 6.07) is 30.5. The third kappa shape index (κ3) is 7.95. The van der Waals surface area contributed by atoms with E-state index < -0.39 is 0 Å². The molecule has 3 aromatic carbocycles. The maximum absolute atomic E-state index is 13.8. The van der Waals surface area contributed by atoms with Crippen molar-refractivity contribution >= 4 is 11.6 Å². The lowest BCUT2D eigenvalue weighted by Gasteiger charge is -2.34. The first-order chi connectivity index (χ1) is 19.3. The van der Waals surface area contributed by atoms with E-state index in [0.717, 1.165) is 52.0 Å². The van der Waals surface area contributed by atoms with Crippen molar-refractivity contribution in [3.05, 3.63) is 102 Å². The van der Waals surface area contributed by atoms with Crippen molar-refractivity contribution in [3.8, 4) is 0 Å². The van der Waals surface area contributed by atoms with E-state index >= 15 is 0 Å². The molecule has 2 aliphatic rings. The largest absolute Gasteiger partial charge is 0.367 e. The molecule has 3 aromatic rings. The Kier molecular flexibility index (Phi) is 10.1. The van der Waals surface area contributed by atoms with Gasteiger partial charge in [-0.05, 0) is 67.4 Å². The third-order valence-electron chi connectivity index (χ3n) is 8.59. The molecular formula is C35H45N3O. The van der Waals surface area contributed by atoms with Crippen LogP contribution in [0.25, 0.3) is 0 Å². The fourth-order valence-corrected chi connectivity index (χ4v) is 6.29. The molecule has 0 saturated carbocycles. The van der Waals surface area contributed by atoms with E-state index in [9.17, 15) is 4.79 Å². The van der Waals surface area contributed by atoms with Crippen molar-refractivity contribution in [1.82, 2.24) is 9.80 Å². The lowest BCUT2D eigenvalue weighted by molar-refractivity contribution is -0.133. The molecule has 0 bridgehead atoms. The van der Waals surface area contributed by atoms with Crippen LogP contribution in [0.4, 0.5) is 5.69 Å². The predicted octanol–water partition coefficient (Wildman–Crippen LogP) is 7.26. The summed E-state index contributed by atoms with van der Waals surface area (Å²) in [5.74, 6) is 0.901. The molecule has 5 rings (SSSR count). The van der Waals surface area contributed by atoms with E-state index in [4.69, 9.17) is 0 Å². The number of likely N-dealkylation sites (tertiary alicyclic amines) is 1. The molecule has 0 unspecified atom stereocenters. The Hall–Kier alpha value is -3.11. The molecule has 0 N–H and O–H groups in total. The first-order valence-electron chi connectivity index (χ1n) is 15.2. The monoisotopic (exact) mass is 523 g/mol. The van der Waals surface area contributed by atoms with Gasteiger partial charge in [0.15, 0.2) is 0 Å². The van der Waals surface area contributed by atoms with Crippen molar-refractivity contribution < 1.29 is 4.79 Å². The van der Waals surface area contributed by atoms with E-state index in [1.165, 1.54) is 54.5 Å². The maximum Gasteiger partial charge on any atom is 0.237 e. The van der Waals surface area contributed by atoms with Crippen LogP contribution in [0.3, 0.4) is 0 Å². The summed E-state index contributed by atoms with van der Waals surface area (Å²) in [7, 11) is 0. The fraction of sp³-hybridized carbons (Fsp3) is 0.457. The summed E-state index contributed by atoms with van der Waals surface area (Å²) in [6.45, 7) is 6.05. The molecule has 0 atom stereocenters. The zero-order chi connectivity index (χ0) is 26.7. The molecule has 1 saturated heterocycles. The van der Waals surface area contributed by atoms with Gasteiger partial charge in [-0.25, -0.2) is 0 Å². The quantitative estimate of drug-likeness (QED) is 0.352. The topological polar surface area (TPSA) is 26.8 Å². The molecular weight excluding hydrogens is 478 g/mol. The minimum Gasteiger partial charge on any atom is -0.367 e. The second kappa shape index (κ2) is 14.3. The Bertz CT molecular complexity index is 1140. The van der Waals surface area contributed by atoms with Gasteiger partial charge in [-0.1, -0.05) is 105 Å². The summed E-state index contributed by atoms with van der Waals surface area (Å²) >= 11 is 0. The van der Waals surface area contributed by atoms with Gasteiger partial charge in [0.1, 0.15) is 0 Å². The average Bonchev–Trinajstić information content (AvgIpc) is 3.00. The lowest BCUT2D eigenvalue weighted by Crippen LogP contribution is -2.43. The highest BCUT2D eigenvalue weighted by atomic mass is 16.2. The normalized spacial score (nSPS) is 18.5. The molecule has 1 fully saturated rings. The SMILES string of the molecule is O=C(CN1CCC(c2ccccc2)CC1)N1CCCCCCCCN(Cc2ccccc2)c2ccccc2C1. The van der Waals surface area contributed by atoms with Crippen molar-refractivity contribution in [2.24, 2.45) is 0 Å². The number of hydrogen-bond donors (Lipinski definition) is 0. The van der Waals surface area contributed by atoms with Crippen LogP contribution in [0, 0.1) is 0 Å². The molecule has 4 nitrogen and oxygen atoms in total. The minimum atomic E-state index is 0.285. The Labute approximate surface area is 235 Å². The highest BCUT2D eigenvalue weighted by Gasteiger charge is 2.25. The van der Waals surface area contributed by atoms with Crippen LogP contribution in [0.1, 0.15) is 74.0 Å². The van der Waals surface area contributed by atoms with E-state index in [1.807, 2.05) is 0 Å². The van der Waals surface area contributed by atoms with E-state index in [-0.39, 0.29) is 5.91 Å². The number of hydrogen-bond acceptors (Lipinski definition) is 3. The van der Waals surface area contributed by atoms with E-state index in [1.54, 1.807) is 0 Å². The standard InChI is InChI=1S/C35H45N3O/c39-35(29-36-25-21-32(22-26-36)31-17-9-6-10-18-31)38-24-14-4-2-1-3-13-23-37(27-30-15-7-5-8-16-30)34-20-12-11-19-33(34)28-38/h5-12,15-20,32H,1-4,13-14,21-29H2.